The topological polar surface area (TPSA) is 59.1 Å². The molecule has 0 N–H and O–H groups in total. The predicted molar refractivity (Wildman–Crippen MR) is 61.5 cm³/mol. The van der Waals surface area contributed by atoms with E-state index >= 15 is 0 Å². The molecule has 0 aromatic heterocycles. The van der Waals surface area contributed by atoms with Gasteiger partial charge in [-0.1, -0.05) is 0 Å². The van der Waals surface area contributed by atoms with E-state index in [1.807, 2.05) is 6.92 Å². The maximum atomic E-state index is 11.6. The van der Waals surface area contributed by atoms with Gasteiger partial charge in [-0.05, 0) is 6.92 Å². The van der Waals surface area contributed by atoms with Crippen molar-refractivity contribution in [3.05, 3.63) is 0 Å². The third kappa shape index (κ3) is 4.32. The van der Waals surface area contributed by atoms with Crippen molar-refractivity contribution in [3.8, 4) is 0 Å². The van der Waals surface area contributed by atoms with E-state index in [9.17, 15) is 9.59 Å². The first kappa shape index (κ1) is 13.9. The lowest BCUT2D eigenvalue weighted by molar-refractivity contribution is -0.144. The van der Waals surface area contributed by atoms with Crippen molar-refractivity contribution in [2.45, 2.75) is 6.92 Å². The molecule has 2 amide bonds. The molecule has 0 aromatic rings. The Balaban J connectivity index is 2.30. The van der Waals surface area contributed by atoms with Gasteiger partial charge in [-0.25, -0.2) is 0 Å². The molecule has 0 atom stereocenters. The predicted octanol–water partition coefficient (Wildman–Crippen LogP) is -0.660. The van der Waals surface area contributed by atoms with Gasteiger partial charge in [0.25, 0.3) is 0 Å². The van der Waals surface area contributed by atoms with E-state index < -0.39 is 0 Å². The number of hydrogen-bond donors (Lipinski definition) is 0. The van der Waals surface area contributed by atoms with Crippen LogP contribution in [0.5, 0.6) is 0 Å². The molecule has 17 heavy (non-hydrogen) atoms. The molecule has 1 rings (SSSR count). The molecule has 0 bridgehead atoms. The van der Waals surface area contributed by atoms with E-state index in [1.54, 1.807) is 9.80 Å². The summed E-state index contributed by atoms with van der Waals surface area (Å²) in [5.41, 5.74) is 0. The normalized spacial score (nSPS) is 16.1. The van der Waals surface area contributed by atoms with Gasteiger partial charge in [0.2, 0.25) is 11.8 Å². The highest BCUT2D eigenvalue weighted by molar-refractivity contribution is 5.79. The fraction of sp³-hybridized carbons (Fsp3) is 0.818. The van der Waals surface area contributed by atoms with Crippen LogP contribution in [0.2, 0.25) is 0 Å². The molecule has 0 unspecified atom stereocenters. The fourth-order valence-electron chi connectivity index (χ4n) is 1.70. The summed E-state index contributed by atoms with van der Waals surface area (Å²) in [5, 5.41) is 0. The Morgan fingerprint density at radius 1 is 1.00 bits per heavy atom. The van der Waals surface area contributed by atoms with Crippen LogP contribution in [0.15, 0.2) is 0 Å². The highest BCUT2D eigenvalue weighted by Crippen LogP contribution is 2.03. The molecular weight excluding hydrogens is 224 g/mol. The van der Waals surface area contributed by atoms with Crippen molar-refractivity contribution >= 4 is 11.8 Å². The molecule has 0 radical (unpaired) electrons. The SMILES string of the molecule is CCOCC(=O)N1CCN(C(=O)COC)CC1. The molecule has 1 aliphatic heterocycles. The molecule has 98 valence electrons. The molecule has 1 saturated heterocycles. The molecular formula is C11H20N2O4. The van der Waals surface area contributed by atoms with Crippen LogP contribution >= 0.6 is 0 Å². The standard InChI is InChI=1S/C11H20N2O4/c1-3-17-9-11(15)13-6-4-12(5-7-13)10(14)8-16-2/h3-9H2,1-2H3. The first-order valence-corrected chi connectivity index (χ1v) is 5.81. The molecule has 0 aromatic carbocycles. The quantitative estimate of drug-likeness (QED) is 0.644. The first-order chi connectivity index (χ1) is 8.19. The molecule has 1 heterocycles. The molecule has 1 fully saturated rings. The summed E-state index contributed by atoms with van der Waals surface area (Å²) in [6.45, 7) is 4.91. The van der Waals surface area contributed by atoms with Crippen LogP contribution in [0, 0.1) is 0 Å². The van der Waals surface area contributed by atoms with Gasteiger partial charge in [0.05, 0.1) is 0 Å². The van der Waals surface area contributed by atoms with E-state index in [0.717, 1.165) is 0 Å². The zero-order chi connectivity index (χ0) is 12.7. The highest BCUT2D eigenvalue weighted by atomic mass is 16.5. The Kier molecular flexibility index (Phi) is 5.93. The lowest BCUT2D eigenvalue weighted by atomic mass is 10.3. The van der Waals surface area contributed by atoms with E-state index in [4.69, 9.17) is 9.47 Å². The molecule has 6 nitrogen and oxygen atoms in total. The van der Waals surface area contributed by atoms with Gasteiger partial charge in [0, 0.05) is 39.9 Å². The average Bonchev–Trinajstić information content (AvgIpc) is 2.36. The smallest absolute Gasteiger partial charge is 0.248 e. The number of carbonyl (C=O) groups is 2. The van der Waals surface area contributed by atoms with Crippen molar-refractivity contribution in [1.82, 2.24) is 9.80 Å². The summed E-state index contributed by atoms with van der Waals surface area (Å²) >= 11 is 0. The van der Waals surface area contributed by atoms with E-state index in [-0.39, 0.29) is 25.0 Å². The summed E-state index contributed by atoms with van der Waals surface area (Å²) in [6, 6.07) is 0. The molecule has 0 aliphatic carbocycles. The van der Waals surface area contributed by atoms with Crippen molar-refractivity contribution in [2.24, 2.45) is 0 Å². The summed E-state index contributed by atoms with van der Waals surface area (Å²) in [6.07, 6.45) is 0. The number of methoxy groups -OCH3 is 1. The summed E-state index contributed by atoms with van der Waals surface area (Å²) in [4.78, 5) is 26.6. The summed E-state index contributed by atoms with van der Waals surface area (Å²) in [7, 11) is 1.50. The van der Waals surface area contributed by atoms with Crippen molar-refractivity contribution in [3.63, 3.8) is 0 Å². The zero-order valence-electron chi connectivity index (χ0n) is 10.5. The van der Waals surface area contributed by atoms with Gasteiger partial charge in [-0.15, -0.1) is 0 Å². The number of carbonyl (C=O) groups excluding carboxylic acids is 2. The minimum absolute atomic E-state index is 0.00862. The minimum atomic E-state index is -0.0237. The minimum Gasteiger partial charge on any atom is -0.375 e. The summed E-state index contributed by atoms with van der Waals surface area (Å²) < 4.78 is 9.86. The lowest BCUT2D eigenvalue weighted by Gasteiger charge is -2.34. The molecule has 6 heteroatoms. The van der Waals surface area contributed by atoms with Crippen LogP contribution in [-0.2, 0) is 19.1 Å². The largest absolute Gasteiger partial charge is 0.375 e. The average molecular weight is 244 g/mol. The molecule has 0 spiro atoms. The molecule has 0 saturated carbocycles. The number of rotatable bonds is 5. The van der Waals surface area contributed by atoms with Crippen LogP contribution < -0.4 is 0 Å². The van der Waals surface area contributed by atoms with Gasteiger partial charge in [-0.3, -0.25) is 9.59 Å². The zero-order valence-corrected chi connectivity index (χ0v) is 10.5. The Labute approximate surface area is 101 Å². The van der Waals surface area contributed by atoms with Crippen molar-refractivity contribution in [1.29, 1.82) is 0 Å². The van der Waals surface area contributed by atoms with Crippen molar-refractivity contribution in [2.75, 3.05) is 53.1 Å². The number of nitrogens with zero attached hydrogens (tertiary/aromatic N) is 2. The fourth-order valence-corrected chi connectivity index (χ4v) is 1.70. The Morgan fingerprint density at radius 3 is 1.88 bits per heavy atom. The van der Waals surface area contributed by atoms with Gasteiger partial charge >= 0.3 is 0 Å². The highest BCUT2D eigenvalue weighted by Gasteiger charge is 2.23. The number of ether oxygens (including phenoxy) is 2. The van der Waals surface area contributed by atoms with E-state index in [1.165, 1.54) is 7.11 Å². The second kappa shape index (κ2) is 7.24. The third-order valence-electron chi connectivity index (χ3n) is 2.68. The van der Waals surface area contributed by atoms with Crippen LogP contribution in [0.4, 0.5) is 0 Å². The van der Waals surface area contributed by atoms with Crippen LogP contribution in [0.3, 0.4) is 0 Å². The maximum Gasteiger partial charge on any atom is 0.248 e. The van der Waals surface area contributed by atoms with Gasteiger partial charge in [-0.2, -0.15) is 0 Å². The Bertz CT molecular complexity index is 262. The lowest BCUT2D eigenvalue weighted by Crippen LogP contribution is -2.52. The number of amides is 2. The van der Waals surface area contributed by atoms with Gasteiger partial charge < -0.3 is 19.3 Å². The van der Waals surface area contributed by atoms with Gasteiger partial charge in [0.1, 0.15) is 13.2 Å². The van der Waals surface area contributed by atoms with Crippen LogP contribution in [0.1, 0.15) is 6.92 Å². The second-order valence-corrected chi connectivity index (χ2v) is 3.83. The van der Waals surface area contributed by atoms with Gasteiger partial charge in [0.15, 0.2) is 0 Å². The summed E-state index contributed by atoms with van der Waals surface area (Å²) in [5.74, 6) is -0.0323. The van der Waals surface area contributed by atoms with Crippen molar-refractivity contribution < 1.29 is 19.1 Å². The number of hydrogen-bond acceptors (Lipinski definition) is 4. The maximum absolute atomic E-state index is 11.6. The Hall–Kier alpha value is -1.14. The van der Waals surface area contributed by atoms with Crippen LogP contribution in [-0.4, -0.2) is 74.7 Å². The van der Waals surface area contributed by atoms with E-state index in [0.29, 0.717) is 32.8 Å². The monoisotopic (exact) mass is 244 g/mol. The third-order valence-corrected chi connectivity index (χ3v) is 2.68. The first-order valence-electron chi connectivity index (χ1n) is 5.81. The van der Waals surface area contributed by atoms with E-state index in [2.05, 4.69) is 0 Å². The molecule has 1 aliphatic rings. The number of piperazine rings is 1. The van der Waals surface area contributed by atoms with Crippen LogP contribution in [0.25, 0.3) is 0 Å². The second-order valence-electron chi connectivity index (χ2n) is 3.83. The Morgan fingerprint density at radius 2 is 1.47 bits per heavy atom.